The molecule has 5 heteroatoms. The molecule has 106 valence electrons. The summed E-state index contributed by atoms with van der Waals surface area (Å²) in [6.07, 6.45) is 0.699. The Bertz CT molecular complexity index is 671. The molecule has 0 radical (unpaired) electrons. The summed E-state index contributed by atoms with van der Waals surface area (Å²) in [7, 11) is -1.82. The first-order valence-corrected chi connectivity index (χ1v) is 8.49. The lowest BCUT2D eigenvalue weighted by molar-refractivity contribution is 0.472. The van der Waals surface area contributed by atoms with Crippen LogP contribution < -0.4 is 0 Å². The highest BCUT2D eigenvalue weighted by atomic mass is 79.9. The Morgan fingerprint density at radius 1 is 1.05 bits per heavy atom. The molecule has 0 atom stereocenters. The molecule has 2 rings (SSSR count). The third-order valence-corrected chi connectivity index (χ3v) is 5.41. The van der Waals surface area contributed by atoms with E-state index in [9.17, 15) is 8.42 Å². The molecule has 0 amide bonds. The first-order chi connectivity index (χ1) is 9.50. The summed E-state index contributed by atoms with van der Waals surface area (Å²) < 4.78 is 27.0. The topological polar surface area (TPSA) is 37.4 Å². The van der Waals surface area contributed by atoms with Crippen molar-refractivity contribution >= 4 is 26.0 Å². The van der Waals surface area contributed by atoms with Crippen molar-refractivity contribution < 1.29 is 8.42 Å². The van der Waals surface area contributed by atoms with Crippen LogP contribution in [0.2, 0.25) is 0 Å². The second kappa shape index (κ2) is 6.52. The van der Waals surface area contributed by atoms with Crippen LogP contribution in [0.4, 0.5) is 0 Å². The minimum atomic E-state index is -3.43. The van der Waals surface area contributed by atoms with Crippen molar-refractivity contribution in [2.24, 2.45) is 0 Å². The van der Waals surface area contributed by atoms with E-state index in [-0.39, 0.29) is 0 Å². The monoisotopic (exact) mass is 353 g/mol. The number of benzene rings is 2. The van der Waals surface area contributed by atoms with Gasteiger partial charge in [0.1, 0.15) is 0 Å². The van der Waals surface area contributed by atoms with Crippen molar-refractivity contribution in [2.75, 3.05) is 13.6 Å². The van der Waals surface area contributed by atoms with Crippen LogP contribution >= 0.6 is 15.9 Å². The van der Waals surface area contributed by atoms with Gasteiger partial charge >= 0.3 is 0 Å². The molecule has 20 heavy (non-hydrogen) atoms. The standard InChI is InChI=1S/C15H16BrNO2S/c1-17(11-10-13-6-3-2-4-7-13)20(18,19)15-9-5-8-14(16)12-15/h2-9,12H,10-11H2,1H3. The smallest absolute Gasteiger partial charge is 0.207 e. The molecule has 0 aliphatic heterocycles. The Morgan fingerprint density at radius 2 is 1.75 bits per heavy atom. The molecule has 0 bridgehead atoms. The van der Waals surface area contributed by atoms with E-state index in [1.807, 2.05) is 36.4 Å². The zero-order chi connectivity index (χ0) is 14.6. The first-order valence-electron chi connectivity index (χ1n) is 6.26. The van der Waals surface area contributed by atoms with Crippen molar-refractivity contribution in [1.29, 1.82) is 0 Å². The molecule has 0 saturated carbocycles. The summed E-state index contributed by atoms with van der Waals surface area (Å²) in [4.78, 5) is 0.308. The average molecular weight is 354 g/mol. The maximum Gasteiger partial charge on any atom is 0.242 e. The van der Waals surface area contributed by atoms with Crippen LogP contribution in [0, 0.1) is 0 Å². The van der Waals surface area contributed by atoms with E-state index in [0.717, 1.165) is 10.0 Å². The highest BCUT2D eigenvalue weighted by Crippen LogP contribution is 2.19. The van der Waals surface area contributed by atoms with Crippen LogP contribution in [-0.2, 0) is 16.4 Å². The Labute approximate surface area is 128 Å². The lowest BCUT2D eigenvalue weighted by Crippen LogP contribution is -2.29. The van der Waals surface area contributed by atoms with Gasteiger partial charge in [0.2, 0.25) is 10.0 Å². The highest BCUT2D eigenvalue weighted by molar-refractivity contribution is 9.10. The molecule has 0 spiro atoms. The average Bonchev–Trinajstić information content (AvgIpc) is 2.45. The number of nitrogens with zero attached hydrogens (tertiary/aromatic N) is 1. The number of halogens is 1. The molecule has 2 aromatic carbocycles. The number of likely N-dealkylation sites (N-methyl/N-ethyl adjacent to an activating group) is 1. The summed E-state index contributed by atoms with van der Waals surface area (Å²) >= 11 is 3.30. The van der Waals surface area contributed by atoms with Gasteiger partial charge in [0.15, 0.2) is 0 Å². The molecule has 0 fully saturated rings. The lowest BCUT2D eigenvalue weighted by Gasteiger charge is -2.17. The molecule has 0 unspecified atom stereocenters. The number of sulfonamides is 1. The van der Waals surface area contributed by atoms with E-state index in [0.29, 0.717) is 17.9 Å². The fourth-order valence-corrected chi connectivity index (χ4v) is 3.63. The molecule has 0 aliphatic carbocycles. The van der Waals surface area contributed by atoms with Crippen molar-refractivity contribution in [1.82, 2.24) is 4.31 Å². The number of rotatable bonds is 5. The second-order valence-electron chi connectivity index (χ2n) is 4.52. The fraction of sp³-hybridized carbons (Fsp3) is 0.200. The van der Waals surface area contributed by atoms with Gasteiger partial charge < -0.3 is 0 Å². The largest absolute Gasteiger partial charge is 0.242 e. The van der Waals surface area contributed by atoms with Gasteiger partial charge in [-0.3, -0.25) is 0 Å². The van der Waals surface area contributed by atoms with Crippen LogP contribution in [-0.4, -0.2) is 26.3 Å². The van der Waals surface area contributed by atoms with Gasteiger partial charge in [-0.2, -0.15) is 0 Å². The second-order valence-corrected chi connectivity index (χ2v) is 7.48. The molecule has 0 aliphatic rings. The van der Waals surface area contributed by atoms with Gasteiger partial charge in [-0.1, -0.05) is 52.3 Å². The van der Waals surface area contributed by atoms with Gasteiger partial charge in [-0.05, 0) is 30.2 Å². The van der Waals surface area contributed by atoms with Gasteiger partial charge in [-0.15, -0.1) is 0 Å². The predicted octanol–water partition coefficient (Wildman–Crippen LogP) is 3.31. The maximum atomic E-state index is 12.4. The van der Waals surface area contributed by atoms with Crippen molar-refractivity contribution in [3.63, 3.8) is 0 Å². The normalized spacial score (nSPS) is 11.8. The summed E-state index contributed by atoms with van der Waals surface area (Å²) in [5.74, 6) is 0. The number of hydrogen-bond donors (Lipinski definition) is 0. The number of hydrogen-bond acceptors (Lipinski definition) is 2. The first kappa shape index (κ1) is 15.2. The minimum absolute atomic E-state index is 0.308. The summed E-state index contributed by atoms with van der Waals surface area (Å²) in [5, 5.41) is 0. The van der Waals surface area contributed by atoms with Crippen LogP contribution in [0.3, 0.4) is 0 Å². The van der Waals surface area contributed by atoms with Gasteiger partial charge in [0, 0.05) is 18.1 Å². The van der Waals surface area contributed by atoms with E-state index >= 15 is 0 Å². The molecule has 0 heterocycles. The Morgan fingerprint density at radius 3 is 2.40 bits per heavy atom. The van der Waals surface area contributed by atoms with Gasteiger partial charge in [0.05, 0.1) is 4.90 Å². The summed E-state index contributed by atoms with van der Waals surface area (Å²) in [5.41, 5.74) is 1.13. The van der Waals surface area contributed by atoms with Crippen LogP contribution in [0.1, 0.15) is 5.56 Å². The molecular formula is C15H16BrNO2S. The Balaban J connectivity index is 2.10. The predicted molar refractivity (Wildman–Crippen MR) is 84.1 cm³/mol. The third-order valence-electron chi connectivity index (χ3n) is 3.06. The Kier molecular flexibility index (Phi) is 4.96. The summed E-state index contributed by atoms with van der Waals surface area (Å²) in [6.45, 7) is 0.457. The molecule has 2 aromatic rings. The minimum Gasteiger partial charge on any atom is -0.207 e. The maximum absolute atomic E-state index is 12.4. The molecular weight excluding hydrogens is 338 g/mol. The zero-order valence-electron chi connectivity index (χ0n) is 11.2. The van der Waals surface area contributed by atoms with Crippen LogP contribution in [0.5, 0.6) is 0 Å². The van der Waals surface area contributed by atoms with Gasteiger partial charge in [-0.25, -0.2) is 12.7 Å². The fourth-order valence-electron chi connectivity index (χ4n) is 1.86. The van der Waals surface area contributed by atoms with E-state index in [4.69, 9.17) is 0 Å². The molecule has 0 saturated heterocycles. The molecule has 0 aromatic heterocycles. The van der Waals surface area contributed by atoms with E-state index < -0.39 is 10.0 Å². The van der Waals surface area contributed by atoms with Crippen LogP contribution in [0.25, 0.3) is 0 Å². The van der Waals surface area contributed by atoms with Crippen LogP contribution in [0.15, 0.2) is 64.0 Å². The molecule has 0 N–H and O–H groups in total. The Hall–Kier alpha value is -1.17. The SMILES string of the molecule is CN(CCc1ccccc1)S(=O)(=O)c1cccc(Br)c1. The highest BCUT2D eigenvalue weighted by Gasteiger charge is 2.20. The van der Waals surface area contributed by atoms with E-state index in [2.05, 4.69) is 15.9 Å². The van der Waals surface area contributed by atoms with E-state index in [1.54, 1.807) is 25.2 Å². The third kappa shape index (κ3) is 3.69. The van der Waals surface area contributed by atoms with Crippen molar-refractivity contribution in [3.8, 4) is 0 Å². The van der Waals surface area contributed by atoms with E-state index in [1.165, 1.54) is 4.31 Å². The quantitative estimate of drug-likeness (QED) is 0.826. The lowest BCUT2D eigenvalue weighted by atomic mass is 10.2. The van der Waals surface area contributed by atoms with Crippen molar-refractivity contribution in [2.45, 2.75) is 11.3 Å². The molecule has 3 nitrogen and oxygen atoms in total. The zero-order valence-corrected chi connectivity index (χ0v) is 13.6. The van der Waals surface area contributed by atoms with Crippen molar-refractivity contribution in [3.05, 3.63) is 64.6 Å². The van der Waals surface area contributed by atoms with Gasteiger partial charge in [0.25, 0.3) is 0 Å². The summed E-state index contributed by atoms with van der Waals surface area (Å²) in [6, 6.07) is 16.6.